The first-order valence-corrected chi connectivity index (χ1v) is 5.24. The van der Waals surface area contributed by atoms with Gasteiger partial charge < -0.3 is 10.5 Å². The first kappa shape index (κ1) is 11.3. The van der Waals surface area contributed by atoms with Crippen molar-refractivity contribution in [2.75, 3.05) is 5.73 Å². The Balaban J connectivity index is 2.37. The molecule has 0 radical (unpaired) electrons. The molecular weight excluding hydrogens is 220 g/mol. The van der Waals surface area contributed by atoms with Gasteiger partial charge in [0.25, 0.3) is 5.95 Å². The van der Waals surface area contributed by atoms with Crippen molar-refractivity contribution in [1.29, 1.82) is 0 Å². The monoisotopic (exact) mass is 234 g/mol. The maximum absolute atomic E-state index is 5.52. The van der Waals surface area contributed by atoms with Crippen LogP contribution in [0, 0.1) is 6.92 Å². The number of aryl methyl sites for hydroxylation is 1. The van der Waals surface area contributed by atoms with Crippen molar-refractivity contribution in [3.63, 3.8) is 0 Å². The fourth-order valence-electron chi connectivity index (χ4n) is 1.30. The summed E-state index contributed by atoms with van der Waals surface area (Å²) in [5.74, 6) is 1.09. The minimum atomic E-state index is 0.0537. The second-order valence-corrected chi connectivity index (χ2v) is 3.86. The van der Waals surface area contributed by atoms with Gasteiger partial charge in [-0.2, -0.15) is 9.67 Å². The summed E-state index contributed by atoms with van der Waals surface area (Å²) in [7, 11) is 0. The smallest absolute Gasteiger partial charge is 0.255 e. The summed E-state index contributed by atoms with van der Waals surface area (Å²) >= 11 is 0. The second kappa shape index (κ2) is 4.36. The van der Waals surface area contributed by atoms with Gasteiger partial charge >= 0.3 is 0 Å². The Kier molecular flexibility index (Phi) is 2.90. The lowest BCUT2D eigenvalue weighted by Crippen LogP contribution is -2.10. The first-order valence-electron chi connectivity index (χ1n) is 5.24. The van der Waals surface area contributed by atoms with E-state index in [0.29, 0.717) is 11.8 Å². The normalized spacial score (nSPS) is 10.8. The van der Waals surface area contributed by atoms with Crippen molar-refractivity contribution in [2.24, 2.45) is 0 Å². The number of hydrogen-bond donors (Lipinski definition) is 1. The maximum atomic E-state index is 5.52. The van der Waals surface area contributed by atoms with Gasteiger partial charge in [0.2, 0.25) is 11.8 Å². The molecule has 0 bridgehead atoms. The Bertz CT molecular complexity index is 521. The van der Waals surface area contributed by atoms with Crippen LogP contribution in [-0.4, -0.2) is 30.8 Å². The van der Waals surface area contributed by atoms with Crippen molar-refractivity contribution in [3.05, 3.63) is 18.1 Å². The van der Waals surface area contributed by atoms with Gasteiger partial charge in [-0.05, 0) is 20.8 Å². The van der Waals surface area contributed by atoms with Crippen LogP contribution in [0.2, 0.25) is 0 Å². The molecule has 0 unspecified atom stereocenters. The zero-order chi connectivity index (χ0) is 12.4. The molecule has 2 heterocycles. The highest BCUT2D eigenvalue weighted by molar-refractivity contribution is 5.23. The van der Waals surface area contributed by atoms with Gasteiger partial charge in [0.1, 0.15) is 6.33 Å². The molecule has 0 aliphatic rings. The number of aromatic nitrogens is 5. The summed E-state index contributed by atoms with van der Waals surface area (Å²) in [4.78, 5) is 12.3. The Morgan fingerprint density at radius 1 is 1.35 bits per heavy atom. The van der Waals surface area contributed by atoms with Crippen LogP contribution in [0.25, 0.3) is 5.95 Å². The molecule has 0 saturated carbocycles. The molecule has 0 fully saturated rings. The second-order valence-electron chi connectivity index (χ2n) is 3.86. The third kappa shape index (κ3) is 2.68. The standard InChI is InChI=1S/C10H14N6O/c1-6(2)17-8-4-7(3)13-10(14-8)16-5-12-9(11)15-16/h4-6H,1-3H3,(H2,11,15). The summed E-state index contributed by atoms with van der Waals surface area (Å²) in [5.41, 5.74) is 6.23. The molecule has 0 amide bonds. The van der Waals surface area contributed by atoms with Gasteiger partial charge in [0.05, 0.1) is 6.10 Å². The lowest BCUT2D eigenvalue weighted by atomic mass is 10.4. The molecule has 2 aromatic heterocycles. The molecule has 7 nitrogen and oxygen atoms in total. The molecule has 0 spiro atoms. The Labute approximate surface area is 98.7 Å². The van der Waals surface area contributed by atoms with Gasteiger partial charge in [0.15, 0.2) is 0 Å². The van der Waals surface area contributed by atoms with E-state index >= 15 is 0 Å². The number of nitrogens with zero attached hydrogens (tertiary/aromatic N) is 5. The van der Waals surface area contributed by atoms with E-state index in [-0.39, 0.29) is 12.1 Å². The fourth-order valence-corrected chi connectivity index (χ4v) is 1.30. The average molecular weight is 234 g/mol. The number of rotatable bonds is 3. The van der Waals surface area contributed by atoms with Crippen LogP contribution >= 0.6 is 0 Å². The minimum absolute atomic E-state index is 0.0537. The predicted molar refractivity (Wildman–Crippen MR) is 61.9 cm³/mol. The van der Waals surface area contributed by atoms with Crippen LogP contribution in [-0.2, 0) is 0 Å². The topological polar surface area (TPSA) is 91.7 Å². The van der Waals surface area contributed by atoms with Crippen LogP contribution in [0.3, 0.4) is 0 Å². The number of ether oxygens (including phenoxy) is 1. The summed E-state index contributed by atoms with van der Waals surface area (Å²) < 4.78 is 6.93. The van der Waals surface area contributed by atoms with Crippen LogP contribution in [0.5, 0.6) is 5.88 Å². The zero-order valence-corrected chi connectivity index (χ0v) is 9.95. The molecule has 0 aliphatic heterocycles. The highest BCUT2D eigenvalue weighted by Crippen LogP contribution is 2.12. The average Bonchev–Trinajstić information content (AvgIpc) is 2.62. The van der Waals surface area contributed by atoms with E-state index in [4.69, 9.17) is 10.5 Å². The predicted octanol–water partition coefficient (Wildman–Crippen LogP) is 0.735. The number of anilines is 1. The van der Waals surface area contributed by atoms with Crippen LogP contribution in [0.15, 0.2) is 12.4 Å². The minimum Gasteiger partial charge on any atom is -0.475 e. The van der Waals surface area contributed by atoms with E-state index in [9.17, 15) is 0 Å². The van der Waals surface area contributed by atoms with Gasteiger partial charge in [-0.3, -0.25) is 0 Å². The molecule has 0 aliphatic carbocycles. The van der Waals surface area contributed by atoms with Crippen molar-refractivity contribution in [3.8, 4) is 11.8 Å². The Morgan fingerprint density at radius 3 is 2.71 bits per heavy atom. The summed E-state index contributed by atoms with van der Waals surface area (Å²) in [6, 6.07) is 1.77. The molecule has 7 heteroatoms. The molecule has 2 rings (SSSR count). The van der Waals surface area contributed by atoms with Crippen LogP contribution in [0.4, 0.5) is 5.95 Å². The highest BCUT2D eigenvalue weighted by Gasteiger charge is 2.08. The van der Waals surface area contributed by atoms with Crippen LogP contribution < -0.4 is 10.5 Å². The van der Waals surface area contributed by atoms with Crippen molar-refractivity contribution in [1.82, 2.24) is 24.7 Å². The molecule has 2 aromatic rings. The number of hydrogen-bond acceptors (Lipinski definition) is 6. The summed E-state index contributed by atoms with van der Waals surface area (Å²) in [5, 5.41) is 3.95. The third-order valence-electron chi connectivity index (χ3n) is 1.89. The fraction of sp³-hybridized carbons (Fsp3) is 0.400. The lowest BCUT2D eigenvalue weighted by molar-refractivity contribution is 0.231. The zero-order valence-electron chi connectivity index (χ0n) is 9.95. The van der Waals surface area contributed by atoms with E-state index < -0.39 is 0 Å². The van der Waals surface area contributed by atoms with Gasteiger partial charge in [-0.25, -0.2) is 9.97 Å². The molecule has 17 heavy (non-hydrogen) atoms. The van der Waals surface area contributed by atoms with E-state index in [1.807, 2.05) is 20.8 Å². The summed E-state index contributed by atoms with van der Waals surface area (Å²) in [6.07, 6.45) is 1.52. The van der Waals surface area contributed by atoms with E-state index in [1.54, 1.807) is 6.07 Å². The molecule has 2 N–H and O–H groups in total. The molecule has 0 aromatic carbocycles. The van der Waals surface area contributed by atoms with Crippen molar-refractivity contribution < 1.29 is 4.74 Å². The van der Waals surface area contributed by atoms with Gasteiger partial charge in [-0.15, -0.1) is 5.10 Å². The number of nitrogen functional groups attached to an aromatic ring is 1. The van der Waals surface area contributed by atoms with Crippen molar-refractivity contribution in [2.45, 2.75) is 26.9 Å². The highest BCUT2D eigenvalue weighted by atomic mass is 16.5. The number of nitrogens with two attached hydrogens (primary N) is 1. The Hall–Kier alpha value is -2.18. The molecule has 0 saturated heterocycles. The molecular formula is C10H14N6O. The Morgan fingerprint density at radius 2 is 2.12 bits per heavy atom. The largest absolute Gasteiger partial charge is 0.475 e. The van der Waals surface area contributed by atoms with Crippen molar-refractivity contribution >= 4 is 5.95 Å². The molecule has 0 atom stereocenters. The van der Waals surface area contributed by atoms with E-state index in [1.165, 1.54) is 11.0 Å². The van der Waals surface area contributed by atoms with E-state index in [2.05, 4.69) is 20.1 Å². The SMILES string of the molecule is Cc1cc(OC(C)C)nc(-n2cnc(N)n2)n1. The molecule has 90 valence electrons. The summed E-state index contributed by atoms with van der Waals surface area (Å²) in [6.45, 7) is 5.73. The quantitative estimate of drug-likeness (QED) is 0.841. The van der Waals surface area contributed by atoms with E-state index in [0.717, 1.165) is 5.69 Å². The van der Waals surface area contributed by atoms with Crippen LogP contribution in [0.1, 0.15) is 19.5 Å². The lowest BCUT2D eigenvalue weighted by Gasteiger charge is -2.10. The first-order chi connectivity index (χ1) is 8.04. The van der Waals surface area contributed by atoms with Gasteiger partial charge in [-0.1, -0.05) is 0 Å². The third-order valence-corrected chi connectivity index (χ3v) is 1.89. The maximum Gasteiger partial charge on any atom is 0.255 e. The van der Waals surface area contributed by atoms with Gasteiger partial charge in [0, 0.05) is 11.8 Å².